The molecule has 2 N–H and O–H groups in total. The minimum atomic E-state index is -0.868. The minimum Gasteiger partial charge on any atom is -0.327 e. The van der Waals surface area contributed by atoms with Gasteiger partial charge in [0.05, 0.1) is 10.8 Å². The number of hydrogen-bond donors (Lipinski definition) is 1. The molecule has 1 aliphatic rings. The van der Waals surface area contributed by atoms with E-state index in [-0.39, 0.29) is 0 Å². The maximum atomic E-state index is 12.2. The molecule has 1 aromatic carbocycles. The molecule has 3 atom stereocenters. The van der Waals surface area contributed by atoms with Crippen LogP contribution in [0.15, 0.2) is 23.1 Å². The van der Waals surface area contributed by atoms with Crippen molar-refractivity contribution in [3.63, 3.8) is 0 Å². The SMILES string of the molecule is Cc1ccc(S(=O)CCC2CCCC2N)cc1C. The van der Waals surface area contributed by atoms with Crippen molar-refractivity contribution in [1.82, 2.24) is 0 Å². The normalized spacial score (nSPS) is 25.3. The van der Waals surface area contributed by atoms with Gasteiger partial charge in [0.1, 0.15) is 0 Å². The van der Waals surface area contributed by atoms with E-state index in [9.17, 15) is 4.21 Å². The van der Waals surface area contributed by atoms with Crippen molar-refractivity contribution in [1.29, 1.82) is 0 Å². The first-order valence-corrected chi connectivity index (χ1v) is 8.11. The van der Waals surface area contributed by atoms with E-state index in [4.69, 9.17) is 5.73 Å². The van der Waals surface area contributed by atoms with E-state index in [1.165, 1.54) is 24.0 Å². The van der Waals surface area contributed by atoms with Crippen molar-refractivity contribution < 1.29 is 4.21 Å². The van der Waals surface area contributed by atoms with E-state index in [2.05, 4.69) is 26.0 Å². The molecule has 0 radical (unpaired) electrons. The van der Waals surface area contributed by atoms with Gasteiger partial charge in [0.2, 0.25) is 0 Å². The van der Waals surface area contributed by atoms with Crippen LogP contribution in [-0.2, 0) is 10.8 Å². The van der Waals surface area contributed by atoms with Crippen LogP contribution in [0.1, 0.15) is 36.8 Å². The van der Waals surface area contributed by atoms with Crippen LogP contribution in [0.5, 0.6) is 0 Å². The number of nitrogens with two attached hydrogens (primary N) is 1. The standard InChI is InChI=1S/C15H23NOS/c1-11-6-7-14(10-12(11)2)18(17)9-8-13-4-3-5-15(13)16/h6-7,10,13,15H,3-5,8-9,16H2,1-2H3. The third kappa shape index (κ3) is 3.21. The first-order valence-electron chi connectivity index (χ1n) is 6.79. The molecular weight excluding hydrogens is 242 g/mol. The molecular formula is C15H23NOS. The summed E-state index contributed by atoms with van der Waals surface area (Å²) in [5, 5.41) is 0. The molecule has 2 rings (SSSR count). The Kier molecular flexibility index (Phi) is 4.57. The molecule has 3 heteroatoms. The fourth-order valence-corrected chi connectivity index (χ4v) is 3.94. The summed E-state index contributed by atoms with van der Waals surface area (Å²) in [6.45, 7) is 4.16. The molecule has 1 saturated carbocycles. The Bertz CT molecular complexity index is 444. The van der Waals surface area contributed by atoms with Gasteiger partial charge in [-0.05, 0) is 62.3 Å². The largest absolute Gasteiger partial charge is 0.327 e. The van der Waals surface area contributed by atoms with Crippen molar-refractivity contribution in [3.8, 4) is 0 Å². The zero-order valence-electron chi connectivity index (χ0n) is 11.3. The summed E-state index contributed by atoms with van der Waals surface area (Å²) in [6, 6.07) is 6.44. The number of aryl methyl sites for hydroxylation is 2. The number of rotatable bonds is 4. The van der Waals surface area contributed by atoms with Gasteiger partial charge >= 0.3 is 0 Å². The van der Waals surface area contributed by atoms with Gasteiger partial charge in [-0.25, -0.2) is 0 Å². The highest BCUT2D eigenvalue weighted by Crippen LogP contribution is 2.27. The van der Waals surface area contributed by atoms with Gasteiger partial charge in [-0.3, -0.25) is 4.21 Å². The van der Waals surface area contributed by atoms with Crippen LogP contribution in [0.25, 0.3) is 0 Å². The average Bonchev–Trinajstić information content (AvgIpc) is 2.75. The molecule has 0 spiro atoms. The number of benzene rings is 1. The van der Waals surface area contributed by atoms with E-state index in [1.807, 2.05) is 6.07 Å². The van der Waals surface area contributed by atoms with E-state index >= 15 is 0 Å². The van der Waals surface area contributed by atoms with E-state index in [0.29, 0.717) is 12.0 Å². The number of hydrogen-bond acceptors (Lipinski definition) is 2. The zero-order valence-corrected chi connectivity index (χ0v) is 12.1. The lowest BCUT2D eigenvalue weighted by atomic mass is 10.0. The Morgan fingerprint density at radius 3 is 2.67 bits per heavy atom. The van der Waals surface area contributed by atoms with Crippen molar-refractivity contribution in [2.45, 2.75) is 50.5 Å². The first kappa shape index (κ1) is 13.8. The highest BCUT2D eigenvalue weighted by molar-refractivity contribution is 7.85. The maximum Gasteiger partial charge on any atom is 0.0529 e. The van der Waals surface area contributed by atoms with Crippen LogP contribution < -0.4 is 5.73 Å². The van der Waals surface area contributed by atoms with E-state index in [1.54, 1.807) is 0 Å². The van der Waals surface area contributed by atoms with Crippen molar-refractivity contribution in [2.75, 3.05) is 5.75 Å². The molecule has 100 valence electrons. The average molecular weight is 265 g/mol. The molecule has 18 heavy (non-hydrogen) atoms. The first-order chi connectivity index (χ1) is 8.58. The predicted octanol–water partition coefficient (Wildman–Crippen LogP) is 2.93. The van der Waals surface area contributed by atoms with Crippen molar-refractivity contribution in [3.05, 3.63) is 29.3 Å². The quantitative estimate of drug-likeness (QED) is 0.909. The van der Waals surface area contributed by atoms with Crippen molar-refractivity contribution in [2.24, 2.45) is 11.7 Å². The molecule has 2 nitrogen and oxygen atoms in total. The molecule has 0 amide bonds. The molecule has 1 fully saturated rings. The lowest BCUT2D eigenvalue weighted by Crippen LogP contribution is -2.25. The third-order valence-electron chi connectivity index (χ3n) is 4.13. The summed E-state index contributed by atoms with van der Waals surface area (Å²) < 4.78 is 12.2. The van der Waals surface area contributed by atoms with E-state index < -0.39 is 10.8 Å². The fourth-order valence-electron chi connectivity index (χ4n) is 2.66. The van der Waals surface area contributed by atoms with Crippen LogP contribution in [0, 0.1) is 19.8 Å². The van der Waals surface area contributed by atoms with Crippen molar-refractivity contribution >= 4 is 10.8 Å². The second-order valence-corrected chi connectivity index (χ2v) is 7.01. The van der Waals surface area contributed by atoms with Gasteiger partial charge in [0, 0.05) is 16.7 Å². The lowest BCUT2D eigenvalue weighted by Gasteiger charge is -2.14. The highest BCUT2D eigenvalue weighted by Gasteiger charge is 2.24. The molecule has 0 saturated heterocycles. The molecule has 0 heterocycles. The highest BCUT2D eigenvalue weighted by atomic mass is 32.2. The molecule has 3 unspecified atom stereocenters. The molecule has 0 bridgehead atoms. The summed E-state index contributed by atoms with van der Waals surface area (Å²) in [7, 11) is -0.868. The summed E-state index contributed by atoms with van der Waals surface area (Å²) in [4.78, 5) is 0.963. The zero-order chi connectivity index (χ0) is 13.1. The van der Waals surface area contributed by atoms with Gasteiger partial charge in [-0.1, -0.05) is 12.5 Å². The van der Waals surface area contributed by atoms with Crippen LogP contribution >= 0.6 is 0 Å². The van der Waals surface area contributed by atoms with Gasteiger partial charge < -0.3 is 5.73 Å². The smallest absolute Gasteiger partial charge is 0.0529 e. The molecule has 1 aromatic rings. The lowest BCUT2D eigenvalue weighted by molar-refractivity contribution is 0.468. The van der Waals surface area contributed by atoms with Gasteiger partial charge in [-0.2, -0.15) is 0 Å². The summed E-state index contributed by atoms with van der Waals surface area (Å²) in [6.07, 6.45) is 4.59. The summed E-state index contributed by atoms with van der Waals surface area (Å²) in [5.41, 5.74) is 8.53. The Morgan fingerprint density at radius 1 is 1.28 bits per heavy atom. The van der Waals surface area contributed by atoms with Gasteiger partial charge in [0.15, 0.2) is 0 Å². The Balaban J connectivity index is 1.93. The Hall–Kier alpha value is -0.670. The monoisotopic (exact) mass is 265 g/mol. The van der Waals surface area contributed by atoms with Crippen LogP contribution in [0.3, 0.4) is 0 Å². The van der Waals surface area contributed by atoms with Gasteiger partial charge in [0.25, 0.3) is 0 Å². The molecule has 1 aliphatic carbocycles. The molecule has 0 aromatic heterocycles. The third-order valence-corrected chi connectivity index (χ3v) is 5.52. The predicted molar refractivity (Wildman–Crippen MR) is 77.1 cm³/mol. The van der Waals surface area contributed by atoms with Crippen LogP contribution in [-0.4, -0.2) is 16.0 Å². The van der Waals surface area contributed by atoms with Gasteiger partial charge in [-0.15, -0.1) is 0 Å². The maximum absolute atomic E-state index is 12.2. The second kappa shape index (κ2) is 5.98. The fraction of sp³-hybridized carbons (Fsp3) is 0.600. The van der Waals surface area contributed by atoms with Crippen LogP contribution in [0.4, 0.5) is 0 Å². The Labute approximate surface area is 112 Å². The topological polar surface area (TPSA) is 43.1 Å². The summed E-state index contributed by atoms with van der Waals surface area (Å²) in [5.74, 6) is 1.33. The molecule has 0 aliphatic heterocycles. The Morgan fingerprint density at radius 2 is 2.06 bits per heavy atom. The minimum absolute atomic E-state index is 0.335. The second-order valence-electron chi connectivity index (χ2n) is 5.44. The van der Waals surface area contributed by atoms with E-state index in [0.717, 1.165) is 23.5 Å². The van der Waals surface area contributed by atoms with Crippen LogP contribution in [0.2, 0.25) is 0 Å². The summed E-state index contributed by atoms with van der Waals surface area (Å²) >= 11 is 0.